The number of hydrogen-bond acceptors (Lipinski definition) is 5. The molecule has 1 atom stereocenters. The van der Waals surface area contributed by atoms with E-state index in [1.165, 1.54) is 0 Å². The molecular formula is C24H21N5O3. The van der Waals surface area contributed by atoms with Crippen LogP contribution in [-0.2, 0) is 10.3 Å². The molecule has 0 saturated carbocycles. The fourth-order valence-electron chi connectivity index (χ4n) is 4.03. The number of hydrogen-bond donors (Lipinski definition) is 1. The van der Waals surface area contributed by atoms with E-state index in [0.29, 0.717) is 28.2 Å². The van der Waals surface area contributed by atoms with Gasteiger partial charge in [0.2, 0.25) is 0 Å². The van der Waals surface area contributed by atoms with Crippen molar-refractivity contribution >= 4 is 17.7 Å². The van der Waals surface area contributed by atoms with Crippen molar-refractivity contribution in [2.24, 2.45) is 0 Å². The second kappa shape index (κ2) is 7.78. The molecule has 0 radical (unpaired) electrons. The monoisotopic (exact) mass is 427 g/mol. The Morgan fingerprint density at radius 1 is 1.16 bits per heavy atom. The van der Waals surface area contributed by atoms with Gasteiger partial charge in [0.05, 0.1) is 18.2 Å². The molecule has 1 saturated heterocycles. The van der Waals surface area contributed by atoms with E-state index in [1.807, 2.05) is 42.7 Å². The number of benzene rings is 1. The number of carbonyl (C=O) groups is 3. The van der Waals surface area contributed by atoms with Gasteiger partial charge in [-0.15, -0.1) is 0 Å². The average molecular weight is 427 g/mol. The van der Waals surface area contributed by atoms with E-state index in [-0.39, 0.29) is 12.3 Å². The molecule has 1 fully saturated rings. The van der Waals surface area contributed by atoms with Gasteiger partial charge >= 0.3 is 6.03 Å². The third-order valence-corrected chi connectivity index (χ3v) is 5.78. The van der Waals surface area contributed by atoms with Gasteiger partial charge in [-0.05, 0) is 56.7 Å². The van der Waals surface area contributed by atoms with E-state index in [1.54, 1.807) is 43.5 Å². The lowest BCUT2D eigenvalue weighted by Crippen LogP contribution is -2.41. The Labute approximate surface area is 185 Å². The van der Waals surface area contributed by atoms with Gasteiger partial charge < -0.3 is 9.88 Å². The smallest absolute Gasteiger partial charge is 0.319 e. The number of aryl methyl sites for hydroxylation is 1. The van der Waals surface area contributed by atoms with E-state index in [2.05, 4.69) is 10.3 Å². The molecule has 3 heterocycles. The van der Waals surface area contributed by atoms with E-state index in [9.17, 15) is 14.4 Å². The number of Topliss-reactive ketones (excluding diaryl/α,β-unsaturated/α-hetero) is 1. The second-order valence-corrected chi connectivity index (χ2v) is 7.87. The predicted molar refractivity (Wildman–Crippen MR) is 116 cm³/mol. The second-order valence-electron chi connectivity index (χ2n) is 7.87. The summed E-state index contributed by atoms with van der Waals surface area (Å²) in [5, 5.41) is 11.7. The highest BCUT2D eigenvalue weighted by Crippen LogP contribution is 2.29. The summed E-state index contributed by atoms with van der Waals surface area (Å²) in [6, 6.07) is 15.1. The van der Waals surface area contributed by atoms with Gasteiger partial charge in [0.25, 0.3) is 5.91 Å². The lowest BCUT2D eigenvalue weighted by Gasteiger charge is -2.22. The third kappa shape index (κ3) is 3.34. The van der Waals surface area contributed by atoms with Crippen LogP contribution in [0.1, 0.15) is 39.8 Å². The molecule has 1 N–H and O–H groups in total. The van der Waals surface area contributed by atoms with Crippen LogP contribution in [0.25, 0.3) is 5.82 Å². The fraction of sp³-hybridized carbons (Fsp3) is 0.208. The summed E-state index contributed by atoms with van der Waals surface area (Å²) in [5.41, 5.74) is 1.62. The SMILES string of the molecule is Cc1cc(C(=O)CN2C(=O)NC(C)(c3ccc(C#N)cc3)C2=O)c(C)n1-c1ccccn1. The van der Waals surface area contributed by atoms with Crippen LogP contribution in [0.15, 0.2) is 54.7 Å². The van der Waals surface area contributed by atoms with E-state index in [4.69, 9.17) is 5.26 Å². The first-order valence-electron chi connectivity index (χ1n) is 10.0. The van der Waals surface area contributed by atoms with Crippen LogP contribution in [0, 0.1) is 25.2 Å². The zero-order valence-electron chi connectivity index (χ0n) is 17.9. The number of nitrogens with zero attached hydrogens (tertiary/aromatic N) is 4. The van der Waals surface area contributed by atoms with Crippen molar-refractivity contribution in [1.82, 2.24) is 19.8 Å². The van der Waals surface area contributed by atoms with E-state index < -0.39 is 17.5 Å². The molecule has 4 rings (SSSR count). The number of carbonyl (C=O) groups excluding carboxylic acids is 3. The van der Waals surface area contributed by atoms with Crippen LogP contribution < -0.4 is 5.32 Å². The van der Waals surface area contributed by atoms with Crippen LogP contribution >= 0.6 is 0 Å². The van der Waals surface area contributed by atoms with E-state index >= 15 is 0 Å². The molecule has 2 aromatic heterocycles. The van der Waals surface area contributed by atoms with Crippen molar-refractivity contribution in [3.63, 3.8) is 0 Å². The third-order valence-electron chi connectivity index (χ3n) is 5.78. The van der Waals surface area contributed by atoms with Crippen LogP contribution in [0.3, 0.4) is 0 Å². The standard InChI is InChI=1S/C24H21N5O3/c1-15-12-19(16(2)29(15)21-6-4-5-11-26-21)20(30)14-28-22(31)24(3,27-23(28)32)18-9-7-17(13-25)8-10-18/h4-12H,14H2,1-3H3,(H,27,32). The van der Waals surface area contributed by atoms with Gasteiger partial charge in [0.1, 0.15) is 11.4 Å². The van der Waals surface area contributed by atoms with Gasteiger partial charge in [-0.25, -0.2) is 9.78 Å². The van der Waals surface area contributed by atoms with Crippen LogP contribution in [0.5, 0.6) is 0 Å². The largest absolute Gasteiger partial charge is 0.325 e. The quantitative estimate of drug-likeness (QED) is 0.497. The zero-order valence-corrected chi connectivity index (χ0v) is 17.9. The summed E-state index contributed by atoms with van der Waals surface area (Å²) in [6.07, 6.45) is 1.67. The lowest BCUT2D eigenvalue weighted by atomic mass is 9.91. The van der Waals surface area contributed by atoms with Gasteiger partial charge in [0, 0.05) is 23.1 Å². The topological polar surface area (TPSA) is 108 Å². The Bertz CT molecular complexity index is 1270. The molecule has 3 aromatic rings. The first-order chi connectivity index (χ1) is 15.3. The van der Waals surface area contributed by atoms with Crippen molar-refractivity contribution < 1.29 is 14.4 Å². The Hall–Kier alpha value is -4.25. The molecule has 3 amide bonds. The number of nitrogens with one attached hydrogen (secondary N) is 1. The number of urea groups is 1. The van der Waals surface area contributed by atoms with Crippen LogP contribution in [-0.4, -0.2) is 38.7 Å². The van der Waals surface area contributed by atoms with Gasteiger partial charge in [-0.3, -0.25) is 14.5 Å². The highest BCUT2D eigenvalue weighted by molar-refractivity contribution is 6.11. The number of aromatic nitrogens is 2. The molecule has 8 nitrogen and oxygen atoms in total. The van der Waals surface area contributed by atoms with Gasteiger partial charge in [0.15, 0.2) is 5.78 Å². The number of pyridine rings is 1. The Kier molecular flexibility index (Phi) is 5.11. The minimum atomic E-state index is -1.31. The molecular weight excluding hydrogens is 406 g/mol. The fourth-order valence-corrected chi connectivity index (χ4v) is 4.03. The summed E-state index contributed by atoms with van der Waals surface area (Å²) in [6.45, 7) is 4.89. The Morgan fingerprint density at radius 2 is 1.88 bits per heavy atom. The molecule has 160 valence electrons. The number of nitriles is 1. The molecule has 1 aliphatic rings. The maximum Gasteiger partial charge on any atom is 0.325 e. The zero-order chi connectivity index (χ0) is 23.0. The first kappa shape index (κ1) is 21.0. The molecule has 1 unspecified atom stereocenters. The Balaban J connectivity index is 1.60. The normalized spacial score (nSPS) is 17.9. The summed E-state index contributed by atoms with van der Waals surface area (Å²) < 4.78 is 1.86. The number of ketones is 1. The van der Waals surface area contributed by atoms with Crippen LogP contribution in [0.4, 0.5) is 4.79 Å². The number of imide groups is 1. The van der Waals surface area contributed by atoms with Gasteiger partial charge in [-0.2, -0.15) is 5.26 Å². The molecule has 0 spiro atoms. The molecule has 0 bridgehead atoms. The first-order valence-corrected chi connectivity index (χ1v) is 10.0. The van der Waals surface area contributed by atoms with Crippen molar-refractivity contribution in [2.75, 3.05) is 6.54 Å². The molecule has 32 heavy (non-hydrogen) atoms. The summed E-state index contributed by atoms with van der Waals surface area (Å²) in [4.78, 5) is 44.1. The average Bonchev–Trinajstić information content (AvgIpc) is 3.21. The summed E-state index contributed by atoms with van der Waals surface area (Å²) in [5.74, 6) is -0.170. The Morgan fingerprint density at radius 3 is 2.50 bits per heavy atom. The van der Waals surface area contributed by atoms with E-state index in [0.717, 1.165) is 10.6 Å². The van der Waals surface area contributed by atoms with Crippen molar-refractivity contribution in [3.8, 4) is 11.9 Å². The molecule has 8 heteroatoms. The number of amides is 3. The maximum atomic E-state index is 13.1. The van der Waals surface area contributed by atoms with Crippen molar-refractivity contribution in [3.05, 3.63) is 82.8 Å². The maximum absolute atomic E-state index is 13.1. The lowest BCUT2D eigenvalue weighted by molar-refractivity contribution is -0.130. The minimum Gasteiger partial charge on any atom is -0.319 e. The van der Waals surface area contributed by atoms with Gasteiger partial charge in [-0.1, -0.05) is 18.2 Å². The highest BCUT2D eigenvalue weighted by Gasteiger charge is 2.49. The number of rotatable bonds is 5. The highest BCUT2D eigenvalue weighted by atomic mass is 16.2. The minimum absolute atomic E-state index is 0.340. The van der Waals surface area contributed by atoms with Crippen molar-refractivity contribution in [2.45, 2.75) is 26.3 Å². The molecule has 1 aliphatic heterocycles. The summed E-state index contributed by atoms with van der Waals surface area (Å²) >= 11 is 0. The van der Waals surface area contributed by atoms with Crippen LogP contribution in [0.2, 0.25) is 0 Å². The summed E-state index contributed by atoms with van der Waals surface area (Å²) in [7, 11) is 0. The predicted octanol–water partition coefficient (Wildman–Crippen LogP) is 3.01. The molecule has 0 aliphatic carbocycles. The molecule has 1 aromatic carbocycles. The van der Waals surface area contributed by atoms with Crippen molar-refractivity contribution in [1.29, 1.82) is 5.26 Å².